The quantitative estimate of drug-likeness (QED) is 0.247. The number of guanidine groups is 1. The second-order valence-corrected chi connectivity index (χ2v) is 8.60. The predicted octanol–water partition coefficient (Wildman–Crippen LogP) is 2.46. The zero-order valence-corrected chi connectivity index (χ0v) is 19.3. The van der Waals surface area contributed by atoms with Crippen LogP contribution < -0.4 is 20.9 Å². The van der Waals surface area contributed by atoms with Crippen LogP contribution in [-0.4, -0.2) is 67.1 Å². The Morgan fingerprint density at radius 2 is 2.16 bits per heavy atom. The van der Waals surface area contributed by atoms with Gasteiger partial charge in [-0.3, -0.25) is 14.7 Å². The molecule has 2 unspecified atom stereocenters. The predicted molar refractivity (Wildman–Crippen MR) is 124 cm³/mol. The second-order valence-electron chi connectivity index (χ2n) is 8.60. The Balaban J connectivity index is 1.52. The van der Waals surface area contributed by atoms with E-state index < -0.39 is 5.54 Å². The fourth-order valence-electron chi connectivity index (χ4n) is 4.13. The van der Waals surface area contributed by atoms with Crippen molar-refractivity contribution >= 4 is 23.6 Å². The van der Waals surface area contributed by atoms with Gasteiger partial charge in [-0.05, 0) is 57.7 Å². The molecule has 0 aromatic heterocycles. The lowest BCUT2D eigenvalue weighted by Gasteiger charge is -2.35. The van der Waals surface area contributed by atoms with Crippen LogP contribution in [0, 0.1) is 5.82 Å². The lowest BCUT2D eigenvalue weighted by atomic mass is 9.99. The fraction of sp³-hybridized carbons (Fsp3) is 0.609. The number of amides is 3. The van der Waals surface area contributed by atoms with E-state index in [1.165, 1.54) is 11.0 Å². The first-order valence-corrected chi connectivity index (χ1v) is 11.6. The highest BCUT2D eigenvalue weighted by Gasteiger charge is 2.45. The summed E-state index contributed by atoms with van der Waals surface area (Å²) >= 11 is 0. The summed E-state index contributed by atoms with van der Waals surface area (Å²) in [4.78, 5) is 32.7. The highest BCUT2D eigenvalue weighted by atomic mass is 19.1. The Morgan fingerprint density at radius 3 is 2.84 bits per heavy atom. The number of nitrogens with one attached hydrogen (secondary N) is 3. The molecule has 2 atom stereocenters. The lowest BCUT2D eigenvalue weighted by Crippen LogP contribution is -2.51. The van der Waals surface area contributed by atoms with Gasteiger partial charge in [0.1, 0.15) is 11.4 Å². The van der Waals surface area contributed by atoms with E-state index in [0.717, 1.165) is 38.2 Å². The molecular weight excluding hydrogens is 411 g/mol. The van der Waals surface area contributed by atoms with Crippen molar-refractivity contribution in [2.24, 2.45) is 4.99 Å². The molecule has 3 amide bonds. The van der Waals surface area contributed by atoms with E-state index in [-0.39, 0.29) is 23.8 Å². The monoisotopic (exact) mass is 446 g/mol. The standard InChI is InChI=1S/C23H35FN6O2/c1-4-23(3)20(31)30(22(32)28-23)14-8-12-26-21(25-5-2)27-18-10-7-13-29(16-18)19-11-6-9-17(24)15-19/h6,9,11,15,18H,4-5,7-8,10,12-14,16H2,1-3H3,(H,28,32)(H2,25,26,27). The molecular formula is C23H35FN6O2. The Morgan fingerprint density at radius 1 is 1.34 bits per heavy atom. The maximum absolute atomic E-state index is 13.6. The van der Waals surface area contributed by atoms with E-state index in [1.807, 2.05) is 19.9 Å². The van der Waals surface area contributed by atoms with Gasteiger partial charge in [0, 0.05) is 44.5 Å². The van der Waals surface area contributed by atoms with Gasteiger partial charge in [-0.25, -0.2) is 9.18 Å². The van der Waals surface area contributed by atoms with Gasteiger partial charge in [0.15, 0.2) is 5.96 Å². The summed E-state index contributed by atoms with van der Waals surface area (Å²) < 4.78 is 13.6. The molecule has 0 bridgehead atoms. The average Bonchev–Trinajstić information content (AvgIpc) is 3.00. The van der Waals surface area contributed by atoms with Gasteiger partial charge < -0.3 is 20.9 Å². The summed E-state index contributed by atoms with van der Waals surface area (Å²) in [5, 5.41) is 9.52. The zero-order chi connectivity index (χ0) is 23.1. The zero-order valence-electron chi connectivity index (χ0n) is 19.3. The molecule has 2 aliphatic rings. The number of benzene rings is 1. The van der Waals surface area contributed by atoms with Crippen LogP contribution in [0.15, 0.2) is 29.3 Å². The van der Waals surface area contributed by atoms with Crippen molar-refractivity contribution in [3.8, 4) is 0 Å². The molecule has 1 aromatic rings. The first kappa shape index (κ1) is 23.8. The topological polar surface area (TPSA) is 89.1 Å². The van der Waals surface area contributed by atoms with Crippen LogP contribution in [0.3, 0.4) is 0 Å². The molecule has 9 heteroatoms. The van der Waals surface area contributed by atoms with E-state index in [0.29, 0.717) is 31.9 Å². The molecule has 2 heterocycles. The molecule has 2 aliphatic heterocycles. The molecule has 0 saturated carbocycles. The van der Waals surface area contributed by atoms with Crippen molar-refractivity contribution in [3.05, 3.63) is 30.1 Å². The van der Waals surface area contributed by atoms with Crippen LogP contribution in [0.1, 0.15) is 46.5 Å². The molecule has 3 N–H and O–H groups in total. The van der Waals surface area contributed by atoms with Crippen molar-refractivity contribution in [2.75, 3.05) is 37.6 Å². The first-order valence-electron chi connectivity index (χ1n) is 11.6. The molecule has 1 aromatic carbocycles. The normalized spacial score (nSPS) is 24.0. The van der Waals surface area contributed by atoms with E-state index in [1.54, 1.807) is 19.1 Å². The summed E-state index contributed by atoms with van der Waals surface area (Å²) in [5.74, 6) is 0.324. The van der Waals surface area contributed by atoms with Crippen molar-refractivity contribution in [1.82, 2.24) is 20.9 Å². The van der Waals surface area contributed by atoms with Gasteiger partial charge in [0.2, 0.25) is 0 Å². The van der Waals surface area contributed by atoms with E-state index >= 15 is 0 Å². The van der Waals surface area contributed by atoms with Crippen LogP contribution in [0.5, 0.6) is 0 Å². The third-order valence-electron chi connectivity index (χ3n) is 6.14. The SMILES string of the molecule is CCNC(=NCCCN1C(=O)NC(C)(CC)C1=O)NC1CCCN(c2cccc(F)c2)C1. The fourth-order valence-corrected chi connectivity index (χ4v) is 4.13. The van der Waals surface area contributed by atoms with E-state index in [9.17, 15) is 14.0 Å². The number of carbonyl (C=O) groups is 2. The van der Waals surface area contributed by atoms with Crippen molar-refractivity contribution in [3.63, 3.8) is 0 Å². The van der Waals surface area contributed by atoms with E-state index in [4.69, 9.17) is 0 Å². The number of halogens is 1. The number of urea groups is 1. The molecule has 8 nitrogen and oxygen atoms in total. The third-order valence-corrected chi connectivity index (χ3v) is 6.14. The highest BCUT2D eigenvalue weighted by molar-refractivity contribution is 6.06. The Kier molecular flexibility index (Phi) is 7.93. The van der Waals surface area contributed by atoms with Gasteiger partial charge in [-0.1, -0.05) is 13.0 Å². The summed E-state index contributed by atoms with van der Waals surface area (Å²) in [6.07, 6.45) is 3.18. The minimum absolute atomic E-state index is 0.168. The summed E-state index contributed by atoms with van der Waals surface area (Å²) in [6, 6.07) is 6.57. The Labute approximate surface area is 189 Å². The molecule has 2 saturated heterocycles. The average molecular weight is 447 g/mol. The Bertz CT molecular complexity index is 848. The Hall–Kier alpha value is -2.84. The molecule has 32 heavy (non-hydrogen) atoms. The molecule has 0 aliphatic carbocycles. The number of hydrogen-bond donors (Lipinski definition) is 3. The van der Waals surface area contributed by atoms with Gasteiger partial charge in [0.25, 0.3) is 5.91 Å². The molecule has 176 valence electrons. The smallest absolute Gasteiger partial charge is 0.325 e. The van der Waals surface area contributed by atoms with Crippen molar-refractivity contribution in [1.29, 1.82) is 0 Å². The van der Waals surface area contributed by atoms with Gasteiger partial charge in [-0.2, -0.15) is 0 Å². The molecule has 0 radical (unpaired) electrons. The number of carbonyl (C=O) groups excluding carboxylic acids is 2. The summed E-state index contributed by atoms with van der Waals surface area (Å²) in [5.41, 5.74) is 0.0943. The van der Waals surface area contributed by atoms with Gasteiger partial charge >= 0.3 is 6.03 Å². The number of imide groups is 1. The number of anilines is 1. The van der Waals surface area contributed by atoms with Crippen molar-refractivity contribution in [2.45, 2.75) is 58.0 Å². The van der Waals surface area contributed by atoms with Crippen LogP contribution >= 0.6 is 0 Å². The van der Waals surface area contributed by atoms with E-state index in [2.05, 4.69) is 25.8 Å². The maximum Gasteiger partial charge on any atom is 0.325 e. The van der Waals surface area contributed by atoms with Crippen molar-refractivity contribution < 1.29 is 14.0 Å². The summed E-state index contributed by atoms with van der Waals surface area (Å²) in [6.45, 7) is 8.90. The maximum atomic E-state index is 13.6. The van der Waals surface area contributed by atoms with Crippen LogP contribution in [-0.2, 0) is 4.79 Å². The number of nitrogens with zero attached hydrogens (tertiary/aromatic N) is 3. The highest BCUT2D eigenvalue weighted by Crippen LogP contribution is 2.22. The molecule has 2 fully saturated rings. The number of rotatable bonds is 8. The minimum atomic E-state index is -0.800. The summed E-state index contributed by atoms with van der Waals surface area (Å²) in [7, 11) is 0. The van der Waals surface area contributed by atoms with Gasteiger partial charge in [-0.15, -0.1) is 0 Å². The number of hydrogen-bond acceptors (Lipinski definition) is 4. The third kappa shape index (κ3) is 5.69. The van der Waals surface area contributed by atoms with Crippen LogP contribution in [0.4, 0.5) is 14.9 Å². The minimum Gasteiger partial charge on any atom is -0.369 e. The number of aliphatic imine (C=N–C) groups is 1. The molecule has 0 spiro atoms. The van der Waals surface area contributed by atoms with Crippen LogP contribution in [0.2, 0.25) is 0 Å². The van der Waals surface area contributed by atoms with Crippen LogP contribution in [0.25, 0.3) is 0 Å². The second kappa shape index (κ2) is 10.7. The molecule has 3 rings (SSSR count). The largest absolute Gasteiger partial charge is 0.369 e. The number of piperidine rings is 1. The lowest BCUT2D eigenvalue weighted by molar-refractivity contribution is -0.130. The van der Waals surface area contributed by atoms with Gasteiger partial charge in [0.05, 0.1) is 0 Å². The first-order chi connectivity index (χ1) is 15.4.